The first-order valence-electron chi connectivity index (χ1n) is 4.50. The lowest BCUT2D eigenvalue weighted by molar-refractivity contribution is 0.418. The van der Waals surface area contributed by atoms with Gasteiger partial charge in [0.2, 0.25) is 0 Å². The molecule has 0 aliphatic rings. The van der Waals surface area contributed by atoms with Crippen molar-refractivity contribution < 1.29 is 12.8 Å². The molecule has 0 bridgehead atoms. The summed E-state index contributed by atoms with van der Waals surface area (Å²) in [6, 6.07) is 0. The summed E-state index contributed by atoms with van der Waals surface area (Å²) in [7, 11) is -3.22. The molecule has 1 rings (SSSR count). The van der Waals surface area contributed by atoms with E-state index < -0.39 is 14.6 Å². The van der Waals surface area contributed by atoms with Crippen molar-refractivity contribution in [1.82, 2.24) is 4.98 Å². The highest BCUT2D eigenvalue weighted by Crippen LogP contribution is 2.29. The molecule has 4 nitrogen and oxygen atoms in total. The summed E-state index contributed by atoms with van der Waals surface area (Å²) in [5.74, 6) is 1.22. The Balaban J connectivity index is 3.06. The molecule has 1 heterocycles. The average molecular weight is 252 g/mol. The molecular formula is C9H14ClNO3S. The molecule has 0 aliphatic heterocycles. The molecule has 0 spiro atoms. The van der Waals surface area contributed by atoms with Crippen LogP contribution in [0.1, 0.15) is 25.5 Å². The highest BCUT2D eigenvalue weighted by Gasteiger charge is 2.36. The Morgan fingerprint density at radius 1 is 1.53 bits per heavy atom. The van der Waals surface area contributed by atoms with Gasteiger partial charge in [0.25, 0.3) is 0 Å². The Morgan fingerprint density at radius 2 is 2.13 bits per heavy atom. The van der Waals surface area contributed by atoms with Gasteiger partial charge in [-0.3, -0.25) is 0 Å². The monoisotopic (exact) mass is 251 g/mol. The van der Waals surface area contributed by atoms with Crippen molar-refractivity contribution in [3.05, 3.63) is 17.8 Å². The molecular weight excluding hydrogens is 238 g/mol. The number of hydrogen-bond acceptors (Lipinski definition) is 4. The van der Waals surface area contributed by atoms with Gasteiger partial charge < -0.3 is 4.42 Å². The molecule has 1 aromatic heterocycles. The van der Waals surface area contributed by atoms with Gasteiger partial charge in [0, 0.05) is 18.6 Å². The number of oxazole rings is 1. The van der Waals surface area contributed by atoms with E-state index >= 15 is 0 Å². The first-order valence-corrected chi connectivity index (χ1v) is 6.92. The van der Waals surface area contributed by atoms with Gasteiger partial charge in [0.05, 0.1) is 6.20 Å². The van der Waals surface area contributed by atoms with Crippen LogP contribution in [0.25, 0.3) is 0 Å². The molecule has 0 aliphatic carbocycles. The number of alkyl halides is 1. The smallest absolute Gasteiger partial charge is 0.195 e. The minimum absolute atomic E-state index is 0.352. The van der Waals surface area contributed by atoms with Crippen molar-refractivity contribution in [2.45, 2.75) is 25.0 Å². The van der Waals surface area contributed by atoms with E-state index in [1.165, 1.54) is 12.5 Å². The number of aromatic nitrogens is 1. The molecule has 0 fully saturated rings. The van der Waals surface area contributed by atoms with E-state index in [9.17, 15) is 8.42 Å². The van der Waals surface area contributed by atoms with Crippen LogP contribution < -0.4 is 0 Å². The third-order valence-electron chi connectivity index (χ3n) is 2.38. The summed E-state index contributed by atoms with van der Waals surface area (Å²) in [6.45, 7) is 3.18. The zero-order valence-electron chi connectivity index (χ0n) is 8.95. The molecule has 0 unspecified atom stereocenters. The summed E-state index contributed by atoms with van der Waals surface area (Å²) < 4.78 is 27.3. The molecule has 0 N–H and O–H groups in total. The molecule has 1 aromatic rings. The standard InChI is InChI=1S/C9H14ClNO3S/c1-9(2,15(3,12)13)7-6-11-8(14-7)4-5-10/h6H,4-5H2,1-3H3. The van der Waals surface area contributed by atoms with Crippen LogP contribution in [-0.2, 0) is 21.0 Å². The summed E-state index contributed by atoms with van der Waals surface area (Å²) in [4.78, 5) is 3.97. The molecule has 86 valence electrons. The lowest BCUT2D eigenvalue weighted by Gasteiger charge is -2.18. The Morgan fingerprint density at radius 3 is 2.60 bits per heavy atom. The van der Waals surface area contributed by atoms with Gasteiger partial charge in [-0.05, 0) is 13.8 Å². The average Bonchev–Trinajstić information content (AvgIpc) is 2.51. The first-order chi connectivity index (χ1) is 6.79. The molecule has 6 heteroatoms. The minimum Gasteiger partial charge on any atom is -0.444 e. The second kappa shape index (κ2) is 4.14. The highest BCUT2D eigenvalue weighted by atomic mass is 35.5. The lowest BCUT2D eigenvalue weighted by atomic mass is 10.2. The van der Waals surface area contributed by atoms with Crippen LogP contribution in [0, 0.1) is 0 Å². The zero-order valence-corrected chi connectivity index (χ0v) is 10.5. The van der Waals surface area contributed by atoms with Crippen LogP contribution in [0.5, 0.6) is 0 Å². The van der Waals surface area contributed by atoms with Crippen molar-refractivity contribution >= 4 is 21.4 Å². The number of rotatable bonds is 4. The maximum atomic E-state index is 11.5. The molecule has 0 aromatic carbocycles. The van der Waals surface area contributed by atoms with Crippen LogP contribution in [0.3, 0.4) is 0 Å². The third kappa shape index (κ3) is 2.52. The quantitative estimate of drug-likeness (QED) is 0.765. The Kier molecular flexibility index (Phi) is 3.45. The largest absolute Gasteiger partial charge is 0.444 e. The second-order valence-electron chi connectivity index (χ2n) is 3.84. The van der Waals surface area contributed by atoms with Crippen molar-refractivity contribution in [3.63, 3.8) is 0 Å². The van der Waals surface area contributed by atoms with Crippen LogP contribution in [0.4, 0.5) is 0 Å². The molecule has 0 saturated heterocycles. The predicted octanol–water partition coefficient (Wildman–Crippen LogP) is 1.74. The minimum atomic E-state index is -3.22. The fourth-order valence-electron chi connectivity index (χ4n) is 0.968. The Bertz CT molecular complexity index is 436. The molecule has 0 radical (unpaired) electrons. The zero-order chi connectivity index (χ0) is 11.7. The van der Waals surface area contributed by atoms with Crippen molar-refractivity contribution in [2.75, 3.05) is 12.1 Å². The van der Waals surface area contributed by atoms with Gasteiger partial charge in [0.1, 0.15) is 10.5 Å². The third-order valence-corrected chi connectivity index (χ3v) is 4.63. The van der Waals surface area contributed by atoms with E-state index in [0.29, 0.717) is 24.0 Å². The molecule has 0 atom stereocenters. The summed E-state index contributed by atoms with van der Waals surface area (Å²) in [5.41, 5.74) is 0. The fraction of sp³-hybridized carbons (Fsp3) is 0.667. The van der Waals surface area contributed by atoms with E-state index in [2.05, 4.69) is 4.98 Å². The Labute approximate surface area is 94.6 Å². The number of halogens is 1. The van der Waals surface area contributed by atoms with Gasteiger partial charge in [-0.1, -0.05) is 0 Å². The van der Waals surface area contributed by atoms with E-state index in [4.69, 9.17) is 16.0 Å². The van der Waals surface area contributed by atoms with E-state index in [-0.39, 0.29) is 0 Å². The van der Waals surface area contributed by atoms with Crippen LogP contribution in [-0.4, -0.2) is 25.5 Å². The lowest BCUT2D eigenvalue weighted by Crippen LogP contribution is -2.27. The Hall–Kier alpha value is -0.550. The maximum Gasteiger partial charge on any atom is 0.195 e. The van der Waals surface area contributed by atoms with E-state index in [1.807, 2.05) is 0 Å². The number of hydrogen-bond donors (Lipinski definition) is 0. The van der Waals surface area contributed by atoms with Gasteiger partial charge in [-0.25, -0.2) is 13.4 Å². The van der Waals surface area contributed by atoms with Gasteiger partial charge in [-0.15, -0.1) is 11.6 Å². The SMILES string of the molecule is CC(C)(c1cnc(CCCl)o1)S(C)(=O)=O. The van der Waals surface area contributed by atoms with Crippen molar-refractivity contribution in [1.29, 1.82) is 0 Å². The number of sulfone groups is 1. The molecule has 0 amide bonds. The summed E-state index contributed by atoms with van der Waals surface area (Å²) >= 11 is 5.53. The molecule has 0 saturated carbocycles. The van der Waals surface area contributed by atoms with Gasteiger partial charge in [0.15, 0.2) is 15.7 Å². The summed E-state index contributed by atoms with van der Waals surface area (Å²) in [5, 5.41) is 0. The second-order valence-corrected chi connectivity index (χ2v) is 6.78. The maximum absolute atomic E-state index is 11.5. The summed E-state index contributed by atoms with van der Waals surface area (Å²) in [6.07, 6.45) is 3.13. The van der Waals surface area contributed by atoms with Crippen molar-refractivity contribution in [2.24, 2.45) is 0 Å². The fourth-order valence-corrected chi connectivity index (χ4v) is 1.59. The normalized spacial score (nSPS) is 13.1. The van der Waals surface area contributed by atoms with Crippen LogP contribution >= 0.6 is 11.6 Å². The predicted molar refractivity (Wildman–Crippen MR) is 58.8 cm³/mol. The van der Waals surface area contributed by atoms with E-state index in [0.717, 1.165) is 0 Å². The topological polar surface area (TPSA) is 60.2 Å². The van der Waals surface area contributed by atoms with Crippen molar-refractivity contribution in [3.8, 4) is 0 Å². The van der Waals surface area contributed by atoms with Crippen LogP contribution in [0.15, 0.2) is 10.6 Å². The molecule has 15 heavy (non-hydrogen) atoms. The number of nitrogens with zero attached hydrogens (tertiary/aromatic N) is 1. The number of aryl methyl sites for hydroxylation is 1. The van der Waals surface area contributed by atoms with E-state index in [1.54, 1.807) is 13.8 Å². The van der Waals surface area contributed by atoms with Gasteiger partial charge >= 0.3 is 0 Å². The highest BCUT2D eigenvalue weighted by molar-refractivity contribution is 7.91. The van der Waals surface area contributed by atoms with Gasteiger partial charge in [-0.2, -0.15) is 0 Å². The van der Waals surface area contributed by atoms with Crippen LogP contribution in [0.2, 0.25) is 0 Å². The first kappa shape index (κ1) is 12.5.